The molecule has 0 radical (unpaired) electrons. The second kappa shape index (κ2) is 7.00. The molecule has 2 aromatic rings. The first-order chi connectivity index (χ1) is 9.65. The van der Waals surface area contributed by atoms with E-state index in [2.05, 4.69) is 10.3 Å². The third kappa shape index (κ3) is 4.31. The molecule has 6 heteroatoms. The zero-order chi connectivity index (χ0) is 14.4. The van der Waals surface area contributed by atoms with E-state index in [9.17, 15) is 13.6 Å². The molecule has 0 unspecified atom stereocenters. The van der Waals surface area contributed by atoms with E-state index < -0.39 is 11.6 Å². The molecule has 0 fully saturated rings. The van der Waals surface area contributed by atoms with Crippen molar-refractivity contribution in [3.8, 4) is 0 Å². The number of halogens is 2. The van der Waals surface area contributed by atoms with Crippen LogP contribution in [0, 0.1) is 11.6 Å². The van der Waals surface area contributed by atoms with E-state index in [0.29, 0.717) is 11.4 Å². The molecule has 0 atom stereocenters. The number of aromatic nitrogens is 1. The Morgan fingerprint density at radius 2 is 1.90 bits per heavy atom. The topological polar surface area (TPSA) is 42.0 Å². The summed E-state index contributed by atoms with van der Waals surface area (Å²) in [6.07, 6.45) is 3.30. The lowest BCUT2D eigenvalue weighted by Crippen LogP contribution is -2.24. The Balaban J connectivity index is 1.79. The largest absolute Gasteiger partial charge is 0.351 e. The molecule has 1 aromatic heterocycles. The van der Waals surface area contributed by atoms with E-state index in [1.807, 2.05) is 12.1 Å². The molecule has 104 valence electrons. The first-order valence-electron chi connectivity index (χ1n) is 5.88. The van der Waals surface area contributed by atoms with E-state index in [1.165, 1.54) is 6.07 Å². The number of carbonyl (C=O) groups is 1. The van der Waals surface area contributed by atoms with Gasteiger partial charge in [-0.3, -0.25) is 9.78 Å². The number of carbonyl (C=O) groups excluding carboxylic acids is 1. The summed E-state index contributed by atoms with van der Waals surface area (Å²) in [5.41, 5.74) is 0.950. The second-order valence-corrected chi connectivity index (χ2v) is 5.05. The van der Waals surface area contributed by atoms with Gasteiger partial charge in [-0.25, -0.2) is 8.78 Å². The Hall–Kier alpha value is -1.95. The summed E-state index contributed by atoms with van der Waals surface area (Å²) >= 11 is 1.16. The van der Waals surface area contributed by atoms with Gasteiger partial charge >= 0.3 is 0 Å². The predicted molar refractivity (Wildman–Crippen MR) is 73.2 cm³/mol. The molecule has 0 spiro atoms. The Kier molecular flexibility index (Phi) is 5.06. The smallest absolute Gasteiger partial charge is 0.230 e. The van der Waals surface area contributed by atoms with Crippen molar-refractivity contribution in [2.45, 2.75) is 11.4 Å². The van der Waals surface area contributed by atoms with Crippen LogP contribution in [-0.4, -0.2) is 16.6 Å². The number of hydrogen-bond donors (Lipinski definition) is 1. The van der Waals surface area contributed by atoms with Crippen LogP contribution in [0.1, 0.15) is 5.56 Å². The molecular weight excluding hydrogens is 282 g/mol. The van der Waals surface area contributed by atoms with Gasteiger partial charge in [-0.2, -0.15) is 0 Å². The van der Waals surface area contributed by atoms with Crippen LogP contribution in [0.2, 0.25) is 0 Å². The summed E-state index contributed by atoms with van der Waals surface area (Å²) < 4.78 is 25.7. The highest BCUT2D eigenvalue weighted by atomic mass is 32.2. The number of amides is 1. The summed E-state index contributed by atoms with van der Waals surface area (Å²) in [6, 6.07) is 7.19. The zero-order valence-electron chi connectivity index (χ0n) is 10.5. The van der Waals surface area contributed by atoms with Gasteiger partial charge < -0.3 is 5.32 Å². The van der Waals surface area contributed by atoms with Gasteiger partial charge in [0.05, 0.1) is 5.75 Å². The van der Waals surface area contributed by atoms with Crippen molar-refractivity contribution in [2.75, 3.05) is 5.75 Å². The molecule has 0 aliphatic carbocycles. The first kappa shape index (κ1) is 14.5. The van der Waals surface area contributed by atoms with Crippen molar-refractivity contribution in [1.82, 2.24) is 10.3 Å². The normalized spacial score (nSPS) is 10.3. The molecule has 0 aliphatic heterocycles. The van der Waals surface area contributed by atoms with Crippen LogP contribution in [0.3, 0.4) is 0 Å². The third-order valence-corrected chi connectivity index (χ3v) is 3.49. The van der Waals surface area contributed by atoms with Crippen LogP contribution >= 0.6 is 11.8 Å². The van der Waals surface area contributed by atoms with E-state index in [-0.39, 0.29) is 11.7 Å². The Morgan fingerprint density at radius 3 is 2.60 bits per heavy atom. The van der Waals surface area contributed by atoms with Gasteiger partial charge in [0.25, 0.3) is 0 Å². The lowest BCUT2D eigenvalue weighted by atomic mass is 10.3. The van der Waals surface area contributed by atoms with Crippen molar-refractivity contribution in [1.29, 1.82) is 0 Å². The van der Waals surface area contributed by atoms with Crippen LogP contribution in [0.25, 0.3) is 0 Å². The summed E-state index contributed by atoms with van der Waals surface area (Å²) in [5.74, 6) is -1.82. The Labute approximate surface area is 119 Å². The summed E-state index contributed by atoms with van der Waals surface area (Å²) in [5, 5.41) is 2.74. The quantitative estimate of drug-likeness (QED) is 0.862. The number of benzene rings is 1. The minimum Gasteiger partial charge on any atom is -0.351 e. The summed E-state index contributed by atoms with van der Waals surface area (Å²) in [6.45, 7) is 0.416. The molecule has 1 amide bonds. The van der Waals surface area contributed by atoms with Gasteiger partial charge in [-0.1, -0.05) is 0 Å². The lowest BCUT2D eigenvalue weighted by Gasteiger charge is -2.05. The molecule has 20 heavy (non-hydrogen) atoms. The van der Waals surface area contributed by atoms with Crippen molar-refractivity contribution >= 4 is 17.7 Å². The molecule has 0 bridgehead atoms. The maximum absolute atomic E-state index is 13.0. The predicted octanol–water partition coefficient (Wildman–Crippen LogP) is 2.77. The summed E-state index contributed by atoms with van der Waals surface area (Å²) in [4.78, 5) is 16.0. The maximum atomic E-state index is 13.0. The highest BCUT2D eigenvalue weighted by molar-refractivity contribution is 8.00. The molecule has 2 rings (SSSR count). The van der Waals surface area contributed by atoms with Crippen molar-refractivity contribution < 1.29 is 13.6 Å². The van der Waals surface area contributed by atoms with Crippen LogP contribution in [-0.2, 0) is 11.3 Å². The van der Waals surface area contributed by atoms with Crippen molar-refractivity contribution in [3.05, 3.63) is 59.9 Å². The highest BCUT2D eigenvalue weighted by Crippen LogP contribution is 2.20. The van der Waals surface area contributed by atoms with Gasteiger partial charge in [0.1, 0.15) is 0 Å². The molecule has 3 nitrogen and oxygen atoms in total. The van der Waals surface area contributed by atoms with Gasteiger partial charge in [-0.05, 0) is 35.9 Å². The van der Waals surface area contributed by atoms with E-state index in [1.54, 1.807) is 12.4 Å². The summed E-state index contributed by atoms with van der Waals surface area (Å²) in [7, 11) is 0. The average molecular weight is 294 g/mol. The third-order valence-electron chi connectivity index (χ3n) is 2.50. The molecule has 1 N–H and O–H groups in total. The molecule has 0 saturated heterocycles. The molecule has 0 aliphatic rings. The van der Waals surface area contributed by atoms with Crippen LogP contribution in [0.15, 0.2) is 47.6 Å². The van der Waals surface area contributed by atoms with Crippen LogP contribution in [0.4, 0.5) is 8.78 Å². The molecular formula is C14H12F2N2OS. The zero-order valence-corrected chi connectivity index (χ0v) is 11.3. The number of thioether (sulfide) groups is 1. The van der Waals surface area contributed by atoms with E-state index in [4.69, 9.17) is 0 Å². The minimum atomic E-state index is -0.910. The number of hydrogen-bond acceptors (Lipinski definition) is 3. The highest BCUT2D eigenvalue weighted by Gasteiger charge is 2.06. The SMILES string of the molecule is O=C(CSc1ccc(F)c(F)c1)NCc1ccncc1. The Bertz CT molecular complexity index is 593. The van der Waals surface area contributed by atoms with Crippen molar-refractivity contribution in [2.24, 2.45) is 0 Å². The van der Waals surface area contributed by atoms with Gasteiger partial charge in [0.15, 0.2) is 11.6 Å². The van der Waals surface area contributed by atoms with Crippen LogP contribution < -0.4 is 5.32 Å². The second-order valence-electron chi connectivity index (χ2n) is 4.00. The number of nitrogens with zero attached hydrogens (tertiary/aromatic N) is 1. The number of rotatable bonds is 5. The minimum absolute atomic E-state index is 0.149. The lowest BCUT2D eigenvalue weighted by molar-refractivity contribution is -0.118. The van der Waals surface area contributed by atoms with Crippen molar-refractivity contribution in [3.63, 3.8) is 0 Å². The standard InChI is InChI=1S/C14H12F2N2OS/c15-12-2-1-11(7-13(12)16)20-9-14(19)18-8-10-3-5-17-6-4-10/h1-7H,8-9H2,(H,18,19). The first-order valence-corrected chi connectivity index (χ1v) is 6.87. The maximum Gasteiger partial charge on any atom is 0.230 e. The van der Waals surface area contributed by atoms with Gasteiger partial charge in [0.2, 0.25) is 5.91 Å². The van der Waals surface area contributed by atoms with Crippen LogP contribution in [0.5, 0.6) is 0 Å². The fourth-order valence-corrected chi connectivity index (χ4v) is 2.22. The monoisotopic (exact) mass is 294 g/mol. The van der Waals surface area contributed by atoms with E-state index in [0.717, 1.165) is 29.5 Å². The number of pyridine rings is 1. The molecule has 0 saturated carbocycles. The number of nitrogens with one attached hydrogen (secondary N) is 1. The van der Waals surface area contributed by atoms with Gasteiger partial charge in [0, 0.05) is 23.8 Å². The molecule has 1 aromatic carbocycles. The average Bonchev–Trinajstić information content (AvgIpc) is 2.47. The molecule has 1 heterocycles. The van der Waals surface area contributed by atoms with Gasteiger partial charge in [-0.15, -0.1) is 11.8 Å². The fourth-order valence-electron chi connectivity index (χ4n) is 1.47. The Morgan fingerprint density at radius 1 is 1.15 bits per heavy atom. The van der Waals surface area contributed by atoms with E-state index >= 15 is 0 Å². The fraction of sp³-hybridized carbons (Fsp3) is 0.143.